The molecule has 2 aromatic carbocycles. The number of nitrogens with one attached hydrogen (secondary N) is 1. The van der Waals surface area contributed by atoms with E-state index < -0.39 is 15.8 Å². The first-order valence-electron chi connectivity index (χ1n) is 7.03. The summed E-state index contributed by atoms with van der Waals surface area (Å²) in [7, 11) is 0. The van der Waals surface area contributed by atoms with Gasteiger partial charge in [-0.3, -0.25) is 25.0 Å². The molecule has 0 spiro atoms. The van der Waals surface area contributed by atoms with E-state index in [4.69, 9.17) is 0 Å². The van der Waals surface area contributed by atoms with Crippen molar-refractivity contribution in [3.63, 3.8) is 0 Å². The van der Waals surface area contributed by atoms with Crippen molar-refractivity contribution in [3.05, 3.63) is 68.3 Å². The Morgan fingerprint density at radius 1 is 1.12 bits per heavy atom. The molecule has 2 aromatic rings. The van der Waals surface area contributed by atoms with Gasteiger partial charge in [-0.15, -0.1) is 11.8 Å². The second-order valence-corrected chi connectivity index (χ2v) is 5.88. The lowest BCUT2D eigenvalue weighted by molar-refractivity contribution is -0.385. The SMILES string of the molecule is O=C(CSc1ccc([N+](=O)[O-])cc1)N/N=C\c1cc([N+](=O)[O-])ccc1O. The van der Waals surface area contributed by atoms with E-state index in [-0.39, 0.29) is 28.4 Å². The van der Waals surface area contributed by atoms with Crippen LogP contribution in [0.3, 0.4) is 0 Å². The van der Waals surface area contributed by atoms with Crippen molar-refractivity contribution in [2.75, 3.05) is 5.75 Å². The Morgan fingerprint density at radius 3 is 2.35 bits per heavy atom. The number of carbonyl (C=O) groups excluding carboxylic acids is 1. The summed E-state index contributed by atoms with van der Waals surface area (Å²) in [6.07, 6.45) is 1.09. The van der Waals surface area contributed by atoms with E-state index in [0.717, 1.165) is 36.2 Å². The van der Waals surface area contributed by atoms with Crippen LogP contribution < -0.4 is 5.43 Å². The second-order valence-electron chi connectivity index (χ2n) is 4.83. The molecule has 0 aromatic heterocycles. The van der Waals surface area contributed by atoms with Crippen LogP contribution in [0, 0.1) is 20.2 Å². The number of nitro groups is 2. The summed E-state index contributed by atoms with van der Waals surface area (Å²) in [4.78, 5) is 32.5. The number of phenolic OH excluding ortho intramolecular Hbond substituents is 1. The van der Waals surface area contributed by atoms with Crippen LogP contribution in [0.25, 0.3) is 0 Å². The van der Waals surface area contributed by atoms with E-state index in [0.29, 0.717) is 4.90 Å². The van der Waals surface area contributed by atoms with Gasteiger partial charge in [0.2, 0.25) is 5.91 Å². The molecule has 0 aliphatic carbocycles. The molecule has 0 saturated heterocycles. The first kappa shape index (κ1) is 18.9. The number of amides is 1. The number of hydrogen-bond acceptors (Lipinski definition) is 8. The molecule has 0 radical (unpaired) electrons. The Hall–Kier alpha value is -3.47. The average Bonchev–Trinajstić information content (AvgIpc) is 2.61. The normalized spacial score (nSPS) is 10.6. The number of rotatable bonds is 7. The smallest absolute Gasteiger partial charge is 0.270 e. The first-order valence-corrected chi connectivity index (χ1v) is 8.02. The number of nitrogens with zero attached hydrogens (tertiary/aromatic N) is 3. The lowest BCUT2D eigenvalue weighted by atomic mass is 10.2. The highest BCUT2D eigenvalue weighted by Crippen LogP contribution is 2.22. The first-order chi connectivity index (χ1) is 12.4. The third-order valence-corrected chi connectivity index (χ3v) is 4.04. The van der Waals surface area contributed by atoms with Gasteiger partial charge in [0.05, 0.1) is 21.8 Å². The predicted octanol–water partition coefficient (Wildman–Crippen LogP) is 2.45. The van der Waals surface area contributed by atoms with Crippen LogP contribution in [-0.4, -0.2) is 32.8 Å². The molecule has 0 aliphatic heterocycles. The number of thioether (sulfide) groups is 1. The summed E-state index contributed by atoms with van der Waals surface area (Å²) in [6.45, 7) is 0. The quantitative estimate of drug-likeness (QED) is 0.326. The van der Waals surface area contributed by atoms with Gasteiger partial charge < -0.3 is 5.11 Å². The summed E-state index contributed by atoms with van der Waals surface area (Å²) in [5.74, 6) is -0.654. The fraction of sp³-hybridized carbons (Fsp3) is 0.0667. The minimum absolute atomic E-state index is 0.00999. The lowest BCUT2D eigenvalue weighted by Crippen LogP contribution is -2.19. The highest BCUT2D eigenvalue weighted by atomic mass is 32.2. The van der Waals surface area contributed by atoms with Gasteiger partial charge in [-0.25, -0.2) is 5.43 Å². The number of benzene rings is 2. The number of non-ortho nitro benzene ring substituents is 2. The van der Waals surface area contributed by atoms with Crippen molar-refractivity contribution in [2.24, 2.45) is 5.10 Å². The van der Waals surface area contributed by atoms with Crippen molar-refractivity contribution in [1.82, 2.24) is 5.43 Å². The highest BCUT2D eigenvalue weighted by Gasteiger charge is 2.09. The topological polar surface area (TPSA) is 148 Å². The van der Waals surface area contributed by atoms with E-state index in [2.05, 4.69) is 10.5 Å². The van der Waals surface area contributed by atoms with Crippen molar-refractivity contribution in [2.45, 2.75) is 4.90 Å². The zero-order valence-electron chi connectivity index (χ0n) is 13.1. The van der Waals surface area contributed by atoms with Crippen LogP contribution >= 0.6 is 11.8 Å². The van der Waals surface area contributed by atoms with Gasteiger partial charge >= 0.3 is 0 Å². The summed E-state index contributed by atoms with van der Waals surface area (Å²) in [5.41, 5.74) is 2.05. The molecule has 0 aliphatic rings. The van der Waals surface area contributed by atoms with E-state index in [1.807, 2.05) is 0 Å². The van der Waals surface area contributed by atoms with Gasteiger partial charge in [-0.05, 0) is 18.2 Å². The fourth-order valence-electron chi connectivity index (χ4n) is 1.78. The Morgan fingerprint density at radius 2 is 1.73 bits per heavy atom. The number of nitro benzene ring substituents is 2. The monoisotopic (exact) mass is 376 g/mol. The molecule has 26 heavy (non-hydrogen) atoms. The van der Waals surface area contributed by atoms with Crippen LogP contribution in [0.15, 0.2) is 52.5 Å². The maximum absolute atomic E-state index is 11.7. The zero-order chi connectivity index (χ0) is 19.1. The molecule has 0 heterocycles. The highest BCUT2D eigenvalue weighted by molar-refractivity contribution is 8.00. The maximum atomic E-state index is 11.7. The molecule has 2 rings (SSSR count). The van der Waals surface area contributed by atoms with Crippen LogP contribution in [0.5, 0.6) is 5.75 Å². The maximum Gasteiger partial charge on any atom is 0.270 e. The third-order valence-electron chi connectivity index (χ3n) is 3.03. The molecular formula is C15H12N4O6S. The summed E-state index contributed by atoms with van der Waals surface area (Å²) in [6, 6.07) is 9.16. The predicted molar refractivity (Wildman–Crippen MR) is 94.3 cm³/mol. The van der Waals surface area contributed by atoms with E-state index in [1.54, 1.807) is 0 Å². The molecule has 0 saturated carbocycles. The van der Waals surface area contributed by atoms with Crippen LogP contribution in [-0.2, 0) is 4.79 Å². The standard InChI is InChI=1S/C15H12N4O6S/c20-14-6-3-12(19(24)25)7-10(14)8-16-17-15(21)9-26-13-4-1-11(2-5-13)18(22)23/h1-8,20H,9H2,(H,17,21)/b16-8-. The largest absolute Gasteiger partial charge is 0.507 e. The number of hydrogen-bond donors (Lipinski definition) is 2. The lowest BCUT2D eigenvalue weighted by Gasteiger charge is -2.01. The number of carbonyl (C=O) groups is 1. The van der Waals surface area contributed by atoms with Gasteiger partial charge in [0.25, 0.3) is 11.4 Å². The van der Waals surface area contributed by atoms with Crippen molar-refractivity contribution in [1.29, 1.82) is 0 Å². The van der Waals surface area contributed by atoms with Gasteiger partial charge in [0.15, 0.2) is 0 Å². The molecule has 0 fully saturated rings. The van der Waals surface area contributed by atoms with Crippen LogP contribution in [0.2, 0.25) is 0 Å². The molecule has 0 atom stereocenters. The van der Waals surface area contributed by atoms with Gasteiger partial charge in [0.1, 0.15) is 5.75 Å². The van der Waals surface area contributed by atoms with E-state index in [9.17, 15) is 30.1 Å². The van der Waals surface area contributed by atoms with E-state index >= 15 is 0 Å². The molecule has 0 bridgehead atoms. The van der Waals surface area contributed by atoms with Crippen molar-refractivity contribution >= 4 is 35.3 Å². The third kappa shape index (κ3) is 5.27. The van der Waals surface area contributed by atoms with Crippen molar-refractivity contribution < 1.29 is 19.7 Å². The minimum Gasteiger partial charge on any atom is -0.507 e. The second kappa shape index (κ2) is 8.58. The molecule has 11 heteroatoms. The zero-order valence-corrected chi connectivity index (χ0v) is 13.9. The number of aromatic hydroxyl groups is 1. The Labute approximate surface area is 150 Å². The Bertz CT molecular complexity index is 869. The molecule has 134 valence electrons. The van der Waals surface area contributed by atoms with Crippen LogP contribution in [0.1, 0.15) is 5.56 Å². The fourth-order valence-corrected chi connectivity index (χ4v) is 2.47. The number of hydrazone groups is 1. The summed E-state index contributed by atoms with van der Waals surface area (Å²) >= 11 is 1.16. The van der Waals surface area contributed by atoms with Gasteiger partial charge in [-0.1, -0.05) is 0 Å². The molecule has 0 unspecified atom stereocenters. The van der Waals surface area contributed by atoms with Crippen molar-refractivity contribution in [3.8, 4) is 5.75 Å². The summed E-state index contributed by atoms with van der Waals surface area (Å²) in [5, 5.41) is 34.5. The van der Waals surface area contributed by atoms with Crippen LogP contribution in [0.4, 0.5) is 11.4 Å². The molecule has 2 N–H and O–H groups in total. The van der Waals surface area contributed by atoms with Gasteiger partial charge in [-0.2, -0.15) is 5.10 Å². The average molecular weight is 376 g/mol. The minimum atomic E-state index is -0.615. The number of phenols is 1. The van der Waals surface area contributed by atoms with Gasteiger partial charge in [0, 0.05) is 34.7 Å². The molecule has 10 nitrogen and oxygen atoms in total. The Kier molecular flexibility index (Phi) is 6.22. The molecular weight excluding hydrogens is 364 g/mol. The summed E-state index contributed by atoms with van der Waals surface area (Å²) < 4.78 is 0. The molecule has 1 amide bonds. The van der Waals surface area contributed by atoms with E-state index in [1.165, 1.54) is 24.3 Å². The Balaban J connectivity index is 1.88.